The van der Waals surface area contributed by atoms with Crippen LogP contribution < -0.4 is 9.47 Å². The van der Waals surface area contributed by atoms with E-state index in [9.17, 15) is 24.8 Å². The Morgan fingerprint density at radius 3 is 2.36 bits per heavy atom. The molecule has 0 radical (unpaired) electrons. The van der Waals surface area contributed by atoms with Gasteiger partial charge in [-0.15, -0.1) is 0 Å². The highest BCUT2D eigenvalue weighted by atomic mass is 16.6. The van der Waals surface area contributed by atoms with Crippen molar-refractivity contribution in [3.05, 3.63) is 105 Å². The molecule has 2 aliphatic rings. The van der Waals surface area contributed by atoms with E-state index >= 15 is 0 Å². The van der Waals surface area contributed by atoms with Crippen LogP contribution in [0.15, 0.2) is 78.4 Å². The molecular formula is C27H22N2O7. The van der Waals surface area contributed by atoms with Crippen LogP contribution in [0.25, 0.3) is 5.76 Å². The molecule has 1 unspecified atom stereocenters. The average Bonchev–Trinajstić information content (AvgIpc) is 3.16. The maximum atomic E-state index is 13.2. The number of rotatable bonds is 6. The standard InChI is InChI=1S/C27H22N2O7/c30-25(19-8-11-21-22(16-19)36-15-14-35-21)23-24(18-6-9-20(10-7-18)29(33)34)28(27(32)26(23)31)13-12-17-4-2-1-3-5-17/h1-11,16,24,30H,12-15H2/b25-23+. The molecule has 5 rings (SSSR count). The molecule has 1 saturated heterocycles. The number of ketones is 1. The fourth-order valence-electron chi connectivity index (χ4n) is 4.48. The van der Waals surface area contributed by atoms with Gasteiger partial charge in [-0.3, -0.25) is 19.7 Å². The zero-order chi connectivity index (χ0) is 25.2. The Morgan fingerprint density at radius 2 is 1.67 bits per heavy atom. The van der Waals surface area contributed by atoms with Crippen LogP contribution in [0.4, 0.5) is 5.69 Å². The summed E-state index contributed by atoms with van der Waals surface area (Å²) in [5, 5.41) is 22.4. The highest BCUT2D eigenvalue weighted by Crippen LogP contribution is 2.41. The average molecular weight is 486 g/mol. The number of aliphatic hydroxyl groups excluding tert-OH is 1. The van der Waals surface area contributed by atoms with Crippen molar-refractivity contribution in [2.45, 2.75) is 12.5 Å². The lowest BCUT2D eigenvalue weighted by atomic mass is 9.95. The van der Waals surface area contributed by atoms with E-state index in [1.165, 1.54) is 29.2 Å². The minimum atomic E-state index is -0.914. The van der Waals surface area contributed by atoms with Gasteiger partial charge in [-0.1, -0.05) is 30.3 Å². The number of nitrogens with zero attached hydrogens (tertiary/aromatic N) is 2. The second-order valence-corrected chi connectivity index (χ2v) is 8.44. The van der Waals surface area contributed by atoms with E-state index in [0.717, 1.165) is 5.56 Å². The first kappa shape index (κ1) is 23.1. The normalized spacial score (nSPS) is 18.3. The molecule has 0 aromatic heterocycles. The number of fused-ring (bicyclic) bond motifs is 1. The van der Waals surface area contributed by atoms with E-state index in [1.807, 2.05) is 30.3 Å². The summed E-state index contributed by atoms with van der Waals surface area (Å²) < 4.78 is 11.1. The van der Waals surface area contributed by atoms with Crippen molar-refractivity contribution in [1.82, 2.24) is 4.90 Å². The molecule has 1 atom stereocenters. The lowest BCUT2D eigenvalue weighted by Gasteiger charge is -2.25. The fraction of sp³-hybridized carbons (Fsp3) is 0.185. The molecule has 3 aromatic rings. The lowest BCUT2D eigenvalue weighted by Crippen LogP contribution is -2.31. The van der Waals surface area contributed by atoms with E-state index in [-0.39, 0.29) is 23.6 Å². The van der Waals surface area contributed by atoms with Crippen molar-refractivity contribution < 1.29 is 29.1 Å². The molecule has 0 aliphatic carbocycles. The second-order valence-electron chi connectivity index (χ2n) is 8.44. The van der Waals surface area contributed by atoms with E-state index in [4.69, 9.17) is 9.47 Å². The summed E-state index contributed by atoms with van der Waals surface area (Å²) in [6, 6.07) is 19.0. The molecule has 1 N–H and O–H groups in total. The summed E-state index contributed by atoms with van der Waals surface area (Å²) in [4.78, 5) is 38.4. The van der Waals surface area contributed by atoms with E-state index in [2.05, 4.69) is 0 Å². The summed E-state index contributed by atoms with van der Waals surface area (Å²) in [7, 11) is 0. The van der Waals surface area contributed by atoms with Crippen LogP contribution in [-0.2, 0) is 16.0 Å². The SMILES string of the molecule is O=C1C(=O)N(CCc2ccccc2)C(c2ccc([N+](=O)[O-])cc2)/C1=C(\O)c1ccc2c(c1)OCCO2. The van der Waals surface area contributed by atoms with Crippen LogP contribution in [0.2, 0.25) is 0 Å². The number of carbonyl (C=O) groups excluding carboxylic acids is 2. The molecular weight excluding hydrogens is 464 g/mol. The molecule has 9 heteroatoms. The van der Waals surface area contributed by atoms with E-state index in [0.29, 0.717) is 42.3 Å². The zero-order valence-electron chi connectivity index (χ0n) is 19.1. The van der Waals surface area contributed by atoms with Crippen molar-refractivity contribution in [2.24, 2.45) is 0 Å². The highest BCUT2D eigenvalue weighted by molar-refractivity contribution is 6.46. The number of amides is 1. The monoisotopic (exact) mass is 486 g/mol. The van der Waals surface area contributed by atoms with Gasteiger partial charge in [0.15, 0.2) is 11.5 Å². The third-order valence-electron chi connectivity index (χ3n) is 6.26. The van der Waals surface area contributed by atoms with Gasteiger partial charge in [0.2, 0.25) is 0 Å². The van der Waals surface area contributed by atoms with Gasteiger partial charge in [0.1, 0.15) is 19.0 Å². The third-order valence-corrected chi connectivity index (χ3v) is 6.26. The number of aliphatic hydroxyl groups is 1. The molecule has 182 valence electrons. The van der Waals surface area contributed by atoms with Gasteiger partial charge < -0.3 is 19.5 Å². The van der Waals surface area contributed by atoms with Gasteiger partial charge in [-0.2, -0.15) is 0 Å². The van der Waals surface area contributed by atoms with Crippen LogP contribution in [0, 0.1) is 10.1 Å². The predicted molar refractivity (Wildman–Crippen MR) is 130 cm³/mol. The number of nitro benzene ring substituents is 1. The maximum Gasteiger partial charge on any atom is 0.295 e. The van der Waals surface area contributed by atoms with Crippen LogP contribution >= 0.6 is 0 Å². The van der Waals surface area contributed by atoms with E-state index in [1.54, 1.807) is 18.2 Å². The quantitative estimate of drug-likeness (QED) is 0.184. The molecule has 0 saturated carbocycles. The number of Topliss-reactive ketones (excluding diaryl/α,β-unsaturated/α-hetero) is 1. The van der Waals surface area contributed by atoms with Crippen molar-refractivity contribution in [3.63, 3.8) is 0 Å². The van der Waals surface area contributed by atoms with Crippen LogP contribution in [0.1, 0.15) is 22.7 Å². The lowest BCUT2D eigenvalue weighted by molar-refractivity contribution is -0.384. The van der Waals surface area contributed by atoms with Crippen molar-refractivity contribution in [2.75, 3.05) is 19.8 Å². The summed E-state index contributed by atoms with van der Waals surface area (Å²) in [6.45, 7) is 0.975. The summed E-state index contributed by atoms with van der Waals surface area (Å²) in [5.74, 6) is -0.966. The number of nitro groups is 1. The van der Waals surface area contributed by atoms with Gasteiger partial charge in [0.25, 0.3) is 17.4 Å². The van der Waals surface area contributed by atoms with Gasteiger partial charge in [-0.25, -0.2) is 0 Å². The Kier molecular flexibility index (Phi) is 6.12. The van der Waals surface area contributed by atoms with Crippen molar-refractivity contribution in [3.8, 4) is 11.5 Å². The molecule has 0 spiro atoms. The second kappa shape index (κ2) is 9.53. The summed E-state index contributed by atoms with van der Waals surface area (Å²) in [5.41, 5.74) is 1.55. The molecule has 9 nitrogen and oxygen atoms in total. The molecule has 0 bridgehead atoms. The van der Waals surface area contributed by atoms with Crippen LogP contribution in [0.3, 0.4) is 0 Å². The number of likely N-dealkylation sites (tertiary alicyclic amines) is 1. The van der Waals surface area contributed by atoms with Crippen molar-refractivity contribution >= 4 is 23.1 Å². The number of ether oxygens (including phenoxy) is 2. The molecule has 1 fully saturated rings. The first-order valence-corrected chi connectivity index (χ1v) is 11.4. The number of non-ortho nitro benzene ring substituents is 1. The van der Waals surface area contributed by atoms with Gasteiger partial charge >= 0.3 is 0 Å². The minimum absolute atomic E-state index is 0.0846. The first-order valence-electron chi connectivity index (χ1n) is 11.4. The van der Waals surface area contributed by atoms with Gasteiger partial charge in [0.05, 0.1) is 16.5 Å². The number of hydrogen-bond donors (Lipinski definition) is 1. The summed E-state index contributed by atoms with van der Waals surface area (Å²) >= 11 is 0. The van der Waals surface area contributed by atoms with Gasteiger partial charge in [0, 0.05) is 24.2 Å². The number of hydrogen-bond acceptors (Lipinski definition) is 7. The minimum Gasteiger partial charge on any atom is -0.507 e. The summed E-state index contributed by atoms with van der Waals surface area (Å²) in [6.07, 6.45) is 0.488. The Balaban J connectivity index is 1.58. The molecule has 36 heavy (non-hydrogen) atoms. The Hall–Kier alpha value is -4.66. The molecule has 3 aromatic carbocycles. The fourth-order valence-corrected chi connectivity index (χ4v) is 4.48. The topological polar surface area (TPSA) is 119 Å². The highest BCUT2D eigenvalue weighted by Gasteiger charge is 2.46. The van der Waals surface area contributed by atoms with E-state index < -0.39 is 22.7 Å². The maximum absolute atomic E-state index is 13.2. The van der Waals surface area contributed by atoms with Crippen LogP contribution in [-0.4, -0.2) is 46.4 Å². The first-order chi connectivity index (χ1) is 17.4. The Bertz CT molecular complexity index is 1370. The van der Waals surface area contributed by atoms with Crippen LogP contribution in [0.5, 0.6) is 11.5 Å². The van der Waals surface area contributed by atoms with Crippen molar-refractivity contribution in [1.29, 1.82) is 0 Å². The zero-order valence-corrected chi connectivity index (χ0v) is 19.1. The molecule has 1 amide bonds. The van der Waals surface area contributed by atoms with Gasteiger partial charge in [-0.05, 0) is 47.9 Å². The molecule has 2 heterocycles. The predicted octanol–water partition coefficient (Wildman–Crippen LogP) is 4.03. The third kappa shape index (κ3) is 4.26. The molecule has 2 aliphatic heterocycles. The largest absolute Gasteiger partial charge is 0.507 e. The smallest absolute Gasteiger partial charge is 0.295 e. The Labute approximate surface area is 206 Å². The Morgan fingerprint density at radius 1 is 0.972 bits per heavy atom. The number of carbonyl (C=O) groups is 2. The number of benzene rings is 3.